The number of amides is 2. The number of aromatic nitrogens is 1. The summed E-state index contributed by atoms with van der Waals surface area (Å²) in [5, 5.41) is 0. The molecule has 0 aliphatic carbocycles. The highest BCUT2D eigenvalue weighted by Crippen LogP contribution is 2.34. The summed E-state index contributed by atoms with van der Waals surface area (Å²) < 4.78 is 16.0. The number of rotatable bonds is 6. The topological polar surface area (TPSA) is 124 Å². The van der Waals surface area contributed by atoms with Gasteiger partial charge in [-0.15, -0.1) is 0 Å². The van der Waals surface area contributed by atoms with E-state index in [0.29, 0.717) is 17.2 Å². The first-order valence-corrected chi connectivity index (χ1v) is 8.98. The van der Waals surface area contributed by atoms with Crippen molar-refractivity contribution < 1.29 is 23.8 Å². The van der Waals surface area contributed by atoms with Crippen LogP contribution in [0.4, 0.5) is 0 Å². The zero-order chi connectivity index (χ0) is 21.1. The molecule has 9 heteroatoms. The predicted molar refractivity (Wildman–Crippen MR) is 104 cm³/mol. The monoisotopic (exact) mass is 401 g/mol. The van der Waals surface area contributed by atoms with E-state index < -0.39 is 24.5 Å². The third-order valence-corrected chi connectivity index (χ3v) is 4.86. The molecule has 0 unspecified atom stereocenters. The number of H-pyrrole nitrogens is 1. The van der Waals surface area contributed by atoms with Gasteiger partial charge in [0, 0.05) is 30.9 Å². The van der Waals surface area contributed by atoms with Crippen LogP contribution in [0.25, 0.3) is 0 Å². The van der Waals surface area contributed by atoms with Crippen molar-refractivity contribution in [3.63, 3.8) is 0 Å². The largest absolute Gasteiger partial charge is 0.493 e. The van der Waals surface area contributed by atoms with Crippen LogP contribution in [-0.4, -0.2) is 48.6 Å². The van der Waals surface area contributed by atoms with E-state index in [4.69, 9.17) is 19.9 Å². The van der Waals surface area contributed by atoms with Crippen molar-refractivity contribution in [3.8, 4) is 17.2 Å². The van der Waals surface area contributed by atoms with Gasteiger partial charge in [-0.2, -0.15) is 0 Å². The quantitative estimate of drug-likeness (QED) is 0.727. The van der Waals surface area contributed by atoms with E-state index in [1.165, 1.54) is 31.4 Å². The second-order valence-corrected chi connectivity index (χ2v) is 6.75. The smallest absolute Gasteiger partial charge is 0.261 e. The Kier molecular flexibility index (Phi) is 5.76. The SMILES string of the molecule is COc1cc2c(cc1OC)CN(C(=O)COc1c[nH]c(C)cc1=O)[C@H](C(N)=O)C2. The van der Waals surface area contributed by atoms with Gasteiger partial charge < -0.3 is 29.8 Å². The average molecular weight is 401 g/mol. The Balaban J connectivity index is 1.82. The molecule has 1 aromatic heterocycles. The van der Waals surface area contributed by atoms with Gasteiger partial charge in [-0.05, 0) is 30.2 Å². The number of pyridine rings is 1. The van der Waals surface area contributed by atoms with Crippen LogP contribution in [0.1, 0.15) is 16.8 Å². The molecule has 2 aromatic rings. The minimum Gasteiger partial charge on any atom is -0.493 e. The minimum atomic E-state index is -0.826. The highest BCUT2D eigenvalue weighted by atomic mass is 16.5. The van der Waals surface area contributed by atoms with Gasteiger partial charge in [-0.25, -0.2) is 0 Å². The lowest BCUT2D eigenvalue weighted by Crippen LogP contribution is -2.52. The first kappa shape index (κ1) is 20.2. The molecule has 0 saturated heterocycles. The van der Waals surface area contributed by atoms with Crippen molar-refractivity contribution in [2.45, 2.75) is 25.9 Å². The number of carbonyl (C=O) groups excluding carboxylic acids is 2. The van der Waals surface area contributed by atoms with Crippen LogP contribution < -0.4 is 25.4 Å². The number of ether oxygens (including phenoxy) is 3. The second kappa shape index (κ2) is 8.26. The average Bonchev–Trinajstić information content (AvgIpc) is 2.70. The third-order valence-electron chi connectivity index (χ3n) is 4.86. The summed E-state index contributed by atoms with van der Waals surface area (Å²) in [5.74, 6) is 0.0272. The normalized spacial score (nSPS) is 15.4. The summed E-state index contributed by atoms with van der Waals surface area (Å²) in [6, 6.07) is 4.11. The number of nitrogens with one attached hydrogen (secondary N) is 1. The number of benzene rings is 1. The highest BCUT2D eigenvalue weighted by molar-refractivity contribution is 5.88. The van der Waals surface area contributed by atoms with E-state index in [1.807, 2.05) is 0 Å². The number of fused-ring (bicyclic) bond motifs is 1. The zero-order valence-corrected chi connectivity index (χ0v) is 16.5. The number of hydrogen-bond acceptors (Lipinski definition) is 6. The van der Waals surface area contributed by atoms with Crippen LogP contribution >= 0.6 is 0 Å². The Morgan fingerprint density at radius 2 is 1.79 bits per heavy atom. The molecule has 9 nitrogen and oxygen atoms in total. The maximum Gasteiger partial charge on any atom is 0.261 e. The van der Waals surface area contributed by atoms with Crippen LogP contribution in [-0.2, 0) is 22.6 Å². The summed E-state index contributed by atoms with van der Waals surface area (Å²) in [7, 11) is 3.05. The van der Waals surface area contributed by atoms with Crippen molar-refractivity contribution in [2.75, 3.05) is 20.8 Å². The molecule has 2 heterocycles. The lowest BCUT2D eigenvalue weighted by molar-refractivity contribution is -0.142. The molecule has 0 radical (unpaired) electrons. The first-order valence-electron chi connectivity index (χ1n) is 8.98. The van der Waals surface area contributed by atoms with E-state index >= 15 is 0 Å². The van der Waals surface area contributed by atoms with Crippen LogP contribution in [0, 0.1) is 6.92 Å². The standard InChI is InChI=1S/C20H23N3O6/c1-11-4-15(24)18(8-22-11)29-10-19(25)23-9-13-7-17(28-3)16(27-2)6-12(13)5-14(23)20(21)26/h4,6-8,14H,5,9-10H2,1-3H3,(H2,21,26)(H,22,24)/t14-/m0/s1. The molecule has 3 rings (SSSR count). The maximum absolute atomic E-state index is 12.8. The number of methoxy groups -OCH3 is 2. The van der Waals surface area contributed by atoms with Gasteiger partial charge in [-0.3, -0.25) is 14.4 Å². The van der Waals surface area contributed by atoms with Gasteiger partial charge in [0.1, 0.15) is 6.04 Å². The Morgan fingerprint density at radius 1 is 1.14 bits per heavy atom. The fourth-order valence-electron chi connectivity index (χ4n) is 3.32. The van der Waals surface area contributed by atoms with Gasteiger partial charge in [0.25, 0.3) is 5.91 Å². The number of hydrogen-bond donors (Lipinski definition) is 2. The third kappa shape index (κ3) is 4.18. The molecular formula is C20H23N3O6. The van der Waals surface area contributed by atoms with Crippen molar-refractivity contribution in [1.29, 1.82) is 0 Å². The summed E-state index contributed by atoms with van der Waals surface area (Å²) in [6.07, 6.45) is 1.65. The lowest BCUT2D eigenvalue weighted by atomic mass is 9.92. The molecule has 3 N–H and O–H groups in total. The molecule has 1 aliphatic heterocycles. The Labute approximate surface area is 167 Å². The number of aryl methyl sites for hydroxylation is 1. The van der Waals surface area contributed by atoms with Gasteiger partial charge in [0.05, 0.1) is 14.2 Å². The fraction of sp³-hybridized carbons (Fsp3) is 0.350. The van der Waals surface area contributed by atoms with Crippen molar-refractivity contribution in [3.05, 3.63) is 51.4 Å². The highest BCUT2D eigenvalue weighted by Gasteiger charge is 2.34. The van der Waals surface area contributed by atoms with Crippen LogP contribution in [0.5, 0.6) is 17.2 Å². The number of primary amides is 1. The number of carbonyl (C=O) groups is 2. The van der Waals surface area contributed by atoms with Gasteiger partial charge >= 0.3 is 0 Å². The van der Waals surface area contributed by atoms with E-state index in [9.17, 15) is 14.4 Å². The molecule has 1 aliphatic rings. The minimum absolute atomic E-state index is 0.0309. The fourth-order valence-corrected chi connectivity index (χ4v) is 3.32. The lowest BCUT2D eigenvalue weighted by Gasteiger charge is -2.35. The molecule has 0 spiro atoms. The molecule has 0 bridgehead atoms. The summed E-state index contributed by atoms with van der Waals surface area (Å²) in [6.45, 7) is 1.51. The zero-order valence-electron chi connectivity index (χ0n) is 16.5. The predicted octanol–water partition coefficient (Wildman–Crippen LogP) is 0.518. The molecule has 29 heavy (non-hydrogen) atoms. The number of aromatic amines is 1. The first-order chi connectivity index (χ1) is 13.8. The van der Waals surface area contributed by atoms with E-state index in [0.717, 1.165) is 11.1 Å². The van der Waals surface area contributed by atoms with Crippen molar-refractivity contribution in [2.24, 2.45) is 5.73 Å². The van der Waals surface area contributed by atoms with E-state index in [-0.39, 0.29) is 24.1 Å². The van der Waals surface area contributed by atoms with Gasteiger partial charge in [0.2, 0.25) is 11.3 Å². The van der Waals surface area contributed by atoms with E-state index in [2.05, 4.69) is 4.98 Å². The molecular weight excluding hydrogens is 378 g/mol. The van der Waals surface area contributed by atoms with E-state index in [1.54, 1.807) is 19.1 Å². The molecule has 1 aromatic carbocycles. The molecule has 154 valence electrons. The Morgan fingerprint density at radius 3 is 2.38 bits per heavy atom. The summed E-state index contributed by atoms with van der Waals surface area (Å²) in [4.78, 5) is 40.9. The number of nitrogens with zero attached hydrogens (tertiary/aromatic N) is 1. The summed E-state index contributed by atoms with van der Waals surface area (Å²) in [5.41, 5.74) is 7.56. The maximum atomic E-state index is 12.8. The Hall–Kier alpha value is -3.49. The number of nitrogens with two attached hydrogens (primary N) is 1. The van der Waals surface area contributed by atoms with Gasteiger partial charge in [-0.1, -0.05) is 0 Å². The van der Waals surface area contributed by atoms with Crippen LogP contribution in [0.3, 0.4) is 0 Å². The Bertz CT molecular complexity index is 1000. The molecule has 2 amide bonds. The van der Waals surface area contributed by atoms with Crippen molar-refractivity contribution in [1.82, 2.24) is 9.88 Å². The van der Waals surface area contributed by atoms with Crippen molar-refractivity contribution >= 4 is 11.8 Å². The summed E-state index contributed by atoms with van der Waals surface area (Å²) >= 11 is 0. The van der Waals surface area contributed by atoms with Crippen LogP contribution in [0.2, 0.25) is 0 Å². The molecule has 1 atom stereocenters. The van der Waals surface area contributed by atoms with Gasteiger partial charge in [0.15, 0.2) is 23.9 Å². The molecule has 0 saturated carbocycles. The second-order valence-electron chi connectivity index (χ2n) is 6.75. The molecule has 0 fully saturated rings. The van der Waals surface area contributed by atoms with Crippen LogP contribution in [0.15, 0.2) is 29.2 Å².